The highest BCUT2D eigenvalue weighted by atomic mass is 35.5. The van der Waals surface area contributed by atoms with E-state index in [1.54, 1.807) is 0 Å². The van der Waals surface area contributed by atoms with Crippen LogP contribution in [0.4, 0.5) is 4.79 Å². The zero-order valence-corrected chi connectivity index (χ0v) is 4.88. The fourth-order valence-corrected chi connectivity index (χ4v) is 0. The van der Waals surface area contributed by atoms with Crippen LogP contribution < -0.4 is 0 Å². The number of hydrogen-bond acceptors (Lipinski definition) is 2. The predicted molar refractivity (Wildman–Crippen MR) is 28.6 cm³/mol. The number of carbonyl (C=O) groups is 1. The van der Waals surface area contributed by atoms with E-state index in [4.69, 9.17) is 0 Å². The van der Waals surface area contributed by atoms with Crippen molar-refractivity contribution < 1.29 is 9.53 Å². The maximum atomic E-state index is 9.45. The van der Waals surface area contributed by atoms with Crippen molar-refractivity contribution in [1.29, 1.82) is 0 Å². The Morgan fingerprint density at radius 3 is 2.00 bits per heavy atom. The van der Waals surface area contributed by atoms with E-state index >= 15 is 0 Å². The normalized spacial score (nSPS) is 5.67. The van der Waals surface area contributed by atoms with Crippen LogP contribution in [-0.2, 0) is 4.74 Å². The summed E-state index contributed by atoms with van der Waals surface area (Å²) in [6.07, 6.45) is 0. The highest BCUT2D eigenvalue weighted by Crippen LogP contribution is 1.77. The Hall–Kier alpha value is 0.110. The minimum Gasteiger partial charge on any atom is -0.461 e. The summed E-state index contributed by atoms with van der Waals surface area (Å²) in [6, 6.07) is 0. The second kappa shape index (κ2) is 5.11. The molecule has 0 radical (unpaired) electrons. The number of rotatable bonds is 0. The average molecular weight is 129 g/mol. The van der Waals surface area contributed by atoms with Crippen LogP contribution in [0.25, 0.3) is 0 Å². The van der Waals surface area contributed by atoms with E-state index in [2.05, 4.69) is 17.4 Å². The van der Waals surface area contributed by atoms with Crippen LogP contribution in [-0.4, -0.2) is 12.4 Å². The molecule has 4 heteroatoms. The quantitative estimate of drug-likeness (QED) is 0.391. The Morgan fingerprint density at radius 2 is 2.00 bits per heavy atom. The van der Waals surface area contributed by atoms with Crippen molar-refractivity contribution in [3.63, 3.8) is 0 Å². The Bertz CT molecular complexity index is 46.8. The smallest absolute Gasteiger partial charge is 0.363 e. The molecule has 2 nitrogen and oxygen atoms in total. The molecule has 0 aliphatic carbocycles. The lowest BCUT2D eigenvalue weighted by molar-refractivity contribution is 0.201. The van der Waals surface area contributed by atoms with Crippen LogP contribution >= 0.6 is 25.0 Å². The van der Waals surface area contributed by atoms with E-state index in [0.29, 0.717) is 0 Å². The summed E-state index contributed by atoms with van der Waals surface area (Å²) in [5.41, 5.74) is 0. The van der Waals surface area contributed by atoms with Gasteiger partial charge in [-0.3, -0.25) is 0 Å². The lowest BCUT2D eigenvalue weighted by Crippen LogP contribution is -1.80. The van der Waals surface area contributed by atoms with Gasteiger partial charge in [-0.2, -0.15) is 0 Å². The molecule has 0 aromatic rings. The van der Waals surface area contributed by atoms with Crippen molar-refractivity contribution in [3.8, 4) is 0 Å². The van der Waals surface area contributed by atoms with Gasteiger partial charge in [-0.25, -0.2) is 4.79 Å². The van der Waals surface area contributed by atoms with Gasteiger partial charge >= 0.3 is 5.30 Å². The summed E-state index contributed by atoms with van der Waals surface area (Å²) in [4.78, 5) is 9.45. The molecule has 0 aromatic heterocycles. The topological polar surface area (TPSA) is 26.3 Å². The van der Waals surface area contributed by atoms with Crippen LogP contribution in [0.3, 0.4) is 0 Å². The van der Waals surface area contributed by atoms with Crippen LogP contribution in [0.15, 0.2) is 0 Å². The van der Waals surface area contributed by atoms with Crippen LogP contribution in [0.1, 0.15) is 0 Å². The molecule has 0 spiro atoms. The average Bonchev–Trinajstić information content (AvgIpc) is 1.38. The van der Waals surface area contributed by atoms with Crippen molar-refractivity contribution in [2.45, 2.75) is 0 Å². The van der Waals surface area contributed by atoms with Gasteiger partial charge in [0.05, 0.1) is 7.11 Å². The molecule has 0 saturated heterocycles. The van der Waals surface area contributed by atoms with Crippen molar-refractivity contribution in [2.24, 2.45) is 0 Å². The lowest BCUT2D eigenvalue weighted by atomic mass is 11.5. The Morgan fingerprint density at radius 1 is 1.83 bits per heavy atom. The van der Waals surface area contributed by atoms with E-state index in [1.165, 1.54) is 7.11 Å². The van der Waals surface area contributed by atoms with Crippen molar-refractivity contribution in [3.05, 3.63) is 0 Å². The van der Waals surface area contributed by atoms with Gasteiger partial charge < -0.3 is 4.74 Å². The number of ether oxygens (including phenoxy) is 1. The zero-order valence-electron chi connectivity index (χ0n) is 3.17. The fraction of sp³-hybridized carbons (Fsp3) is 0.500. The maximum Gasteiger partial charge on any atom is 0.363 e. The minimum atomic E-state index is -0.551. The Labute approximate surface area is 47.7 Å². The molecule has 0 rings (SSSR count). The van der Waals surface area contributed by atoms with Gasteiger partial charge in [-0.05, 0) is 0 Å². The molecule has 0 aliphatic heterocycles. The monoisotopic (exact) mass is 128 g/mol. The lowest BCUT2D eigenvalue weighted by Gasteiger charge is -1.79. The van der Waals surface area contributed by atoms with Crippen molar-refractivity contribution >= 4 is 30.3 Å². The molecule has 0 fully saturated rings. The fourth-order valence-electron chi connectivity index (χ4n) is 0. The van der Waals surface area contributed by atoms with Crippen LogP contribution in [0.2, 0.25) is 0 Å². The molecule has 0 heterocycles. The number of methoxy groups -OCH3 is 1. The number of halogens is 1. The first-order chi connectivity index (χ1) is 2.27. The SMILES string of the molecule is COC(=O)S.Cl. The molecule has 0 saturated carbocycles. The van der Waals surface area contributed by atoms with Crippen molar-refractivity contribution in [1.82, 2.24) is 0 Å². The minimum absolute atomic E-state index is 0. The van der Waals surface area contributed by atoms with Gasteiger partial charge in [0.25, 0.3) is 0 Å². The van der Waals surface area contributed by atoms with Gasteiger partial charge in [0.15, 0.2) is 0 Å². The number of thiol groups is 1. The third-order valence-electron chi connectivity index (χ3n) is 0.175. The standard InChI is InChI=1S/C2H4O2S.ClH/c1-4-2(3)5;/h1H3,(H,3,5);1H. The first-order valence-corrected chi connectivity index (χ1v) is 1.49. The summed E-state index contributed by atoms with van der Waals surface area (Å²) in [5, 5.41) is -0.551. The highest BCUT2D eigenvalue weighted by molar-refractivity contribution is 7.96. The molecule has 0 aliphatic rings. The molecular formula is C2H5ClO2S. The van der Waals surface area contributed by atoms with E-state index in [0.717, 1.165) is 0 Å². The summed E-state index contributed by atoms with van der Waals surface area (Å²) in [7, 11) is 1.27. The van der Waals surface area contributed by atoms with Crippen LogP contribution in [0.5, 0.6) is 0 Å². The van der Waals surface area contributed by atoms with Gasteiger partial charge in [0.2, 0.25) is 0 Å². The highest BCUT2D eigenvalue weighted by Gasteiger charge is 1.77. The Kier molecular flexibility index (Phi) is 8.04. The molecule has 0 N–H and O–H groups in total. The van der Waals surface area contributed by atoms with E-state index in [9.17, 15) is 4.79 Å². The summed E-state index contributed by atoms with van der Waals surface area (Å²) in [5.74, 6) is 0. The number of hydrogen-bond donors (Lipinski definition) is 1. The second-order valence-corrected chi connectivity index (χ2v) is 0.835. The summed E-state index contributed by atoms with van der Waals surface area (Å²) < 4.78 is 3.98. The van der Waals surface area contributed by atoms with E-state index in [1.807, 2.05) is 0 Å². The first kappa shape index (κ1) is 9.44. The molecule has 0 unspecified atom stereocenters. The Balaban J connectivity index is 0. The molecule has 6 heavy (non-hydrogen) atoms. The van der Waals surface area contributed by atoms with Gasteiger partial charge in [-0.15, -0.1) is 12.4 Å². The third-order valence-corrected chi connectivity index (χ3v) is 0.357. The van der Waals surface area contributed by atoms with Crippen molar-refractivity contribution in [2.75, 3.05) is 7.11 Å². The largest absolute Gasteiger partial charge is 0.461 e. The molecular weight excluding hydrogens is 124 g/mol. The van der Waals surface area contributed by atoms with Gasteiger partial charge in [0.1, 0.15) is 0 Å². The summed E-state index contributed by atoms with van der Waals surface area (Å²) in [6.45, 7) is 0. The van der Waals surface area contributed by atoms with E-state index in [-0.39, 0.29) is 12.4 Å². The second-order valence-electron chi connectivity index (χ2n) is 0.470. The number of carbonyl (C=O) groups excluding carboxylic acids is 1. The molecule has 0 amide bonds. The molecule has 0 bridgehead atoms. The first-order valence-electron chi connectivity index (χ1n) is 1.04. The van der Waals surface area contributed by atoms with Crippen LogP contribution in [0, 0.1) is 0 Å². The van der Waals surface area contributed by atoms with Gasteiger partial charge in [0, 0.05) is 0 Å². The molecule has 38 valence electrons. The third kappa shape index (κ3) is 8.93. The van der Waals surface area contributed by atoms with Gasteiger partial charge in [-0.1, -0.05) is 12.6 Å². The predicted octanol–water partition coefficient (Wildman–Crippen LogP) is 1.10. The molecule has 0 aromatic carbocycles. The van der Waals surface area contributed by atoms with E-state index < -0.39 is 5.30 Å². The molecule has 0 atom stereocenters. The maximum absolute atomic E-state index is 9.45. The zero-order chi connectivity index (χ0) is 4.28. The summed E-state index contributed by atoms with van der Waals surface area (Å²) >= 11 is 3.24.